The molecule has 0 spiro atoms. The summed E-state index contributed by atoms with van der Waals surface area (Å²) in [5.41, 5.74) is 5.34. The Morgan fingerprint density at radius 1 is 0.415 bits per heavy atom. The molecule has 0 fully saturated rings. The zero-order valence-electron chi connectivity index (χ0n) is 44.9. The van der Waals surface area contributed by atoms with E-state index < -0.39 is 103 Å². The van der Waals surface area contributed by atoms with Crippen LogP contribution in [-0.2, 0) is 67.7 Å². The number of nitrogens with one attached hydrogen (secondary N) is 3. The van der Waals surface area contributed by atoms with Crippen LogP contribution in [0.2, 0.25) is 0 Å². The van der Waals surface area contributed by atoms with E-state index in [2.05, 4.69) is 16.0 Å². The van der Waals surface area contributed by atoms with Gasteiger partial charge in [-0.1, -0.05) is 146 Å². The molecule has 3 atom stereocenters. The number of rotatable bonds is 28. The number of para-hydroxylation sites is 3. The van der Waals surface area contributed by atoms with Gasteiger partial charge in [-0.15, -0.1) is 0 Å². The summed E-state index contributed by atoms with van der Waals surface area (Å²) in [6, 6.07) is 47.2. The number of carbonyl (C=O) groups is 6. The lowest BCUT2D eigenvalue weighted by molar-refractivity contribution is -0.573. The van der Waals surface area contributed by atoms with Gasteiger partial charge in [0.15, 0.2) is 0 Å². The summed E-state index contributed by atoms with van der Waals surface area (Å²) in [6.07, 6.45) is 1.65. The van der Waals surface area contributed by atoms with E-state index in [1.54, 1.807) is 0 Å². The second-order valence-corrected chi connectivity index (χ2v) is 20.8. The maximum atomic E-state index is 13.9. The second kappa shape index (κ2) is 26.0. The van der Waals surface area contributed by atoms with Crippen molar-refractivity contribution in [2.24, 2.45) is 0 Å². The number of nitrogens with zero attached hydrogens (tertiary/aromatic N) is 4. The van der Waals surface area contributed by atoms with Gasteiger partial charge in [0.1, 0.15) is 18.1 Å². The number of carboxylic acid groups (broad SMARTS) is 3. The van der Waals surface area contributed by atoms with E-state index >= 15 is 0 Å². The van der Waals surface area contributed by atoms with Crippen molar-refractivity contribution in [3.8, 4) is 0 Å². The van der Waals surface area contributed by atoms with Crippen LogP contribution in [0.1, 0.15) is 71.9 Å². The molecule has 3 unspecified atom stereocenters. The average Bonchev–Trinajstić information content (AvgIpc) is 4.20. The molecule has 3 heterocycles. The molecule has 0 aliphatic carbocycles. The van der Waals surface area contributed by atoms with Gasteiger partial charge in [0.2, 0.25) is 23.3 Å². The van der Waals surface area contributed by atoms with Gasteiger partial charge in [-0.3, -0.25) is 24.5 Å². The maximum Gasteiger partial charge on any atom is 0.326 e. The fourth-order valence-corrected chi connectivity index (χ4v) is 10.9. The summed E-state index contributed by atoms with van der Waals surface area (Å²) >= 11 is 0. The molecule has 0 saturated heterocycles. The minimum atomic E-state index is -2.19. The number of benzene rings is 6. The van der Waals surface area contributed by atoms with Crippen LogP contribution in [0, 0.1) is 10.1 Å². The molecule has 82 heavy (non-hydrogen) atoms. The van der Waals surface area contributed by atoms with Gasteiger partial charge in [0.25, 0.3) is 0 Å². The Kier molecular flexibility index (Phi) is 18.0. The second-order valence-electron chi connectivity index (χ2n) is 20.8. The number of aliphatic carboxylic acids is 3. The van der Waals surface area contributed by atoms with E-state index in [9.17, 15) is 54.2 Å². The van der Waals surface area contributed by atoms with Crippen LogP contribution in [0.4, 0.5) is 0 Å². The molecule has 0 aliphatic heterocycles. The molecule has 420 valence electrons. The minimum Gasteiger partial charge on any atom is -0.480 e. The summed E-state index contributed by atoms with van der Waals surface area (Å²) in [5, 5.41) is 54.8. The summed E-state index contributed by atoms with van der Waals surface area (Å²) in [7, 11) is 0. The summed E-state index contributed by atoms with van der Waals surface area (Å²) in [4.78, 5) is 92.9. The number of carbonyl (C=O) groups excluding carboxylic acids is 3. The first-order chi connectivity index (χ1) is 39.6. The predicted octanol–water partition coefficient (Wildman–Crippen LogP) is 8.79. The first-order valence-electron chi connectivity index (χ1n) is 27.2. The molecule has 9 rings (SSSR count). The van der Waals surface area contributed by atoms with Gasteiger partial charge in [0.05, 0.1) is 0 Å². The van der Waals surface area contributed by atoms with Crippen molar-refractivity contribution in [3.05, 3.63) is 226 Å². The zero-order chi connectivity index (χ0) is 57.8. The third-order valence-electron chi connectivity index (χ3n) is 15.2. The minimum absolute atomic E-state index is 0.124. The van der Waals surface area contributed by atoms with E-state index in [1.807, 2.05) is 196 Å². The quantitative estimate of drug-likeness (QED) is 0.0200. The molecule has 0 aliphatic rings. The summed E-state index contributed by atoms with van der Waals surface area (Å²) in [6.45, 7) is 1.50. The third kappa shape index (κ3) is 13.9. The standard InChI is InChI=1S/C64H63N7O11/c72-58(65-52(61(75)76)34-46-40-68(37-43-16-4-1-5-17-43)55-25-13-10-22-49(46)55)28-31-64(71(81)82,32-29-59(73)66-53(62(77)78)35-47-41-69(38-44-18-6-2-7-19-44)56-26-14-11-23-50(47)56)33-30-60(74)67-54(63(79)80)36-48-42-70(39-45-20-8-3-9-21-45)57-27-15-12-24-51(48)57/h1-27,40-42,52-54H,28-39H2,(H,65,72)(H,66,73)(H,67,74)(H,75,76)(H,77,78)(H,79,80). The molecule has 0 bridgehead atoms. The van der Waals surface area contributed by atoms with E-state index in [0.717, 1.165) is 49.4 Å². The molecule has 6 aromatic carbocycles. The van der Waals surface area contributed by atoms with Crippen molar-refractivity contribution >= 4 is 68.3 Å². The first-order valence-corrected chi connectivity index (χ1v) is 27.2. The predicted molar refractivity (Wildman–Crippen MR) is 310 cm³/mol. The lowest BCUT2D eigenvalue weighted by Crippen LogP contribution is -2.47. The molecule has 0 radical (unpaired) electrons. The summed E-state index contributed by atoms with van der Waals surface area (Å²) in [5.74, 6) is -6.54. The van der Waals surface area contributed by atoms with Gasteiger partial charge < -0.3 is 45.0 Å². The van der Waals surface area contributed by atoms with Crippen LogP contribution >= 0.6 is 0 Å². The Hall–Kier alpha value is -9.84. The molecule has 0 saturated carbocycles. The SMILES string of the molecule is O=C(CCC(CCC(=O)NC(Cc1cn(Cc2ccccc2)c2ccccc12)C(=O)O)(CCC(=O)NC(Cc1cn(Cc2ccccc2)c2ccccc12)C(=O)O)[N+](=O)[O-])NC(Cc1cn(Cc2ccccc2)c2ccccc12)C(=O)O. The van der Waals surface area contributed by atoms with Crippen molar-refractivity contribution in [3.63, 3.8) is 0 Å². The van der Waals surface area contributed by atoms with E-state index in [-0.39, 0.29) is 19.3 Å². The molecule has 3 aromatic heterocycles. The van der Waals surface area contributed by atoms with E-state index in [0.29, 0.717) is 36.3 Å². The lowest BCUT2D eigenvalue weighted by atomic mass is 9.83. The highest BCUT2D eigenvalue weighted by Gasteiger charge is 2.44. The Balaban J connectivity index is 0.919. The topological polar surface area (TPSA) is 257 Å². The number of carboxylic acids is 3. The van der Waals surface area contributed by atoms with Gasteiger partial charge >= 0.3 is 17.9 Å². The molecule has 3 amide bonds. The Bertz CT molecular complexity index is 3380. The average molecular weight is 1110 g/mol. The molecular weight excluding hydrogens is 1040 g/mol. The Labute approximate surface area is 472 Å². The Morgan fingerprint density at radius 2 is 0.671 bits per heavy atom. The number of hydrogen-bond donors (Lipinski definition) is 6. The monoisotopic (exact) mass is 1110 g/mol. The molecule has 18 nitrogen and oxygen atoms in total. The van der Waals surface area contributed by atoms with Crippen LogP contribution in [-0.4, -0.2) is 93.2 Å². The first kappa shape index (κ1) is 56.9. The lowest BCUT2D eigenvalue weighted by Gasteiger charge is -2.26. The van der Waals surface area contributed by atoms with E-state index in [4.69, 9.17) is 0 Å². The highest BCUT2D eigenvalue weighted by Crippen LogP contribution is 2.31. The third-order valence-corrected chi connectivity index (χ3v) is 15.2. The molecule has 18 heteroatoms. The van der Waals surface area contributed by atoms with Crippen molar-refractivity contribution in [2.45, 2.75) is 101 Å². The summed E-state index contributed by atoms with van der Waals surface area (Å²) < 4.78 is 5.98. The Morgan fingerprint density at radius 3 is 0.927 bits per heavy atom. The van der Waals surface area contributed by atoms with Crippen molar-refractivity contribution in [2.75, 3.05) is 0 Å². The van der Waals surface area contributed by atoms with Crippen LogP contribution in [0.5, 0.6) is 0 Å². The highest BCUT2D eigenvalue weighted by molar-refractivity contribution is 5.90. The van der Waals surface area contributed by atoms with Crippen molar-refractivity contribution in [1.82, 2.24) is 29.7 Å². The molecule has 6 N–H and O–H groups in total. The molecular formula is C64H63N7O11. The van der Waals surface area contributed by atoms with Gasteiger partial charge in [0, 0.05) is 134 Å². The van der Waals surface area contributed by atoms with Gasteiger partial charge in [-0.2, -0.15) is 0 Å². The zero-order valence-corrected chi connectivity index (χ0v) is 44.9. The highest BCUT2D eigenvalue weighted by atomic mass is 16.6. The fourth-order valence-electron chi connectivity index (χ4n) is 10.9. The number of nitro groups is 1. The van der Waals surface area contributed by atoms with Crippen LogP contribution in [0.3, 0.4) is 0 Å². The number of aromatic nitrogens is 3. The van der Waals surface area contributed by atoms with Crippen LogP contribution in [0.25, 0.3) is 32.7 Å². The van der Waals surface area contributed by atoms with Crippen LogP contribution < -0.4 is 16.0 Å². The van der Waals surface area contributed by atoms with Crippen molar-refractivity contribution in [1.29, 1.82) is 0 Å². The maximum absolute atomic E-state index is 13.9. The fraction of sp³-hybridized carbons (Fsp3) is 0.250. The van der Waals surface area contributed by atoms with Crippen molar-refractivity contribution < 1.29 is 49.0 Å². The van der Waals surface area contributed by atoms with Crippen LogP contribution in [0.15, 0.2) is 182 Å². The number of hydrogen-bond acceptors (Lipinski definition) is 8. The van der Waals surface area contributed by atoms with Gasteiger partial charge in [-0.05, 0) is 51.6 Å². The number of amides is 3. The smallest absolute Gasteiger partial charge is 0.326 e. The number of fused-ring (bicyclic) bond motifs is 3. The largest absolute Gasteiger partial charge is 0.480 e. The van der Waals surface area contributed by atoms with Gasteiger partial charge in [-0.25, -0.2) is 14.4 Å². The normalized spacial score (nSPS) is 13.2. The van der Waals surface area contributed by atoms with E-state index in [1.165, 1.54) is 0 Å². The molecule has 9 aromatic rings.